The molecule has 0 aliphatic rings. The lowest BCUT2D eigenvalue weighted by atomic mass is 10.1. The lowest BCUT2D eigenvalue weighted by molar-refractivity contribution is 0.585. The molecule has 2 aromatic heterocycles. The van der Waals surface area contributed by atoms with Crippen LogP contribution in [0.1, 0.15) is 0 Å². The average Bonchev–Trinajstić information content (AvgIpc) is 2.97. The zero-order valence-corrected chi connectivity index (χ0v) is 10.2. The molecule has 3 rings (SSSR count). The highest BCUT2D eigenvalue weighted by atomic mass is 32.1. The first-order valence-electron chi connectivity index (χ1n) is 5.22. The van der Waals surface area contributed by atoms with E-state index in [1.54, 1.807) is 0 Å². The molecule has 0 fully saturated rings. The van der Waals surface area contributed by atoms with Crippen molar-refractivity contribution in [3.63, 3.8) is 0 Å². The summed E-state index contributed by atoms with van der Waals surface area (Å²) in [4.78, 5) is 7.89. The van der Waals surface area contributed by atoms with E-state index in [4.69, 9.17) is 5.73 Å². The standard InChI is InChI=1S/C11H7F2N5S/c12-6-1-2-7(8(13)3-6)9-10(19-11(14)17-9)18-5-15-4-16-18/h1-5H,(H2,14,17). The maximum absolute atomic E-state index is 13.8. The van der Waals surface area contributed by atoms with Crippen LogP contribution in [-0.2, 0) is 0 Å². The fraction of sp³-hybridized carbons (Fsp3) is 0. The van der Waals surface area contributed by atoms with Crippen molar-refractivity contribution >= 4 is 16.5 Å². The quantitative estimate of drug-likeness (QED) is 0.781. The monoisotopic (exact) mass is 279 g/mol. The molecule has 2 N–H and O–H groups in total. The Morgan fingerprint density at radius 1 is 1.26 bits per heavy atom. The molecule has 2 heterocycles. The molecule has 0 unspecified atom stereocenters. The summed E-state index contributed by atoms with van der Waals surface area (Å²) in [6, 6.07) is 3.29. The molecule has 3 aromatic rings. The maximum Gasteiger partial charge on any atom is 0.182 e. The van der Waals surface area contributed by atoms with Gasteiger partial charge in [-0.25, -0.2) is 23.4 Å². The Morgan fingerprint density at radius 2 is 2.11 bits per heavy atom. The maximum atomic E-state index is 13.8. The van der Waals surface area contributed by atoms with Crippen LogP contribution in [0.25, 0.3) is 16.3 Å². The number of hydrogen-bond acceptors (Lipinski definition) is 5. The average molecular weight is 279 g/mol. The van der Waals surface area contributed by atoms with Crippen molar-refractivity contribution < 1.29 is 8.78 Å². The van der Waals surface area contributed by atoms with Gasteiger partial charge in [0, 0.05) is 11.6 Å². The van der Waals surface area contributed by atoms with E-state index in [0.717, 1.165) is 17.4 Å². The third kappa shape index (κ3) is 2.06. The van der Waals surface area contributed by atoms with Crippen molar-refractivity contribution in [3.05, 3.63) is 42.5 Å². The smallest absolute Gasteiger partial charge is 0.182 e. The third-order valence-electron chi connectivity index (χ3n) is 2.44. The Morgan fingerprint density at radius 3 is 2.79 bits per heavy atom. The Balaban J connectivity index is 2.20. The van der Waals surface area contributed by atoms with Crippen LogP contribution in [0, 0.1) is 11.6 Å². The van der Waals surface area contributed by atoms with Crippen LogP contribution < -0.4 is 5.73 Å². The van der Waals surface area contributed by atoms with Gasteiger partial charge in [0.1, 0.15) is 35.0 Å². The highest BCUT2D eigenvalue weighted by molar-refractivity contribution is 7.18. The molecule has 0 amide bonds. The van der Waals surface area contributed by atoms with Crippen LogP contribution in [0.15, 0.2) is 30.9 Å². The zero-order valence-electron chi connectivity index (χ0n) is 9.42. The molecule has 8 heteroatoms. The van der Waals surface area contributed by atoms with Gasteiger partial charge in [-0.3, -0.25) is 0 Å². The van der Waals surface area contributed by atoms with Gasteiger partial charge in [0.05, 0.1) is 0 Å². The largest absolute Gasteiger partial charge is 0.375 e. The molecular weight excluding hydrogens is 272 g/mol. The first-order valence-corrected chi connectivity index (χ1v) is 6.03. The molecule has 19 heavy (non-hydrogen) atoms. The van der Waals surface area contributed by atoms with Crippen molar-refractivity contribution in [2.75, 3.05) is 5.73 Å². The van der Waals surface area contributed by atoms with Crippen LogP contribution >= 0.6 is 11.3 Å². The van der Waals surface area contributed by atoms with Gasteiger partial charge in [-0.15, -0.1) is 0 Å². The van der Waals surface area contributed by atoms with E-state index in [2.05, 4.69) is 15.1 Å². The molecule has 1 aromatic carbocycles. The minimum atomic E-state index is -0.702. The molecular formula is C11H7F2N5S. The number of hydrogen-bond donors (Lipinski definition) is 1. The summed E-state index contributed by atoms with van der Waals surface area (Å²) in [5, 5.41) is 4.75. The fourth-order valence-corrected chi connectivity index (χ4v) is 2.43. The van der Waals surface area contributed by atoms with Gasteiger partial charge >= 0.3 is 0 Å². The van der Waals surface area contributed by atoms with Crippen LogP contribution in [0.5, 0.6) is 0 Å². The highest BCUT2D eigenvalue weighted by Gasteiger charge is 2.17. The zero-order chi connectivity index (χ0) is 13.4. The number of rotatable bonds is 2. The fourth-order valence-electron chi connectivity index (χ4n) is 1.65. The van der Waals surface area contributed by atoms with Crippen LogP contribution in [-0.4, -0.2) is 19.7 Å². The topological polar surface area (TPSA) is 69.6 Å². The van der Waals surface area contributed by atoms with Gasteiger partial charge in [0.15, 0.2) is 5.13 Å². The van der Waals surface area contributed by atoms with E-state index in [1.165, 1.54) is 29.5 Å². The van der Waals surface area contributed by atoms with Crippen LogP contribution in [0.3, 0.4) is 0 Å². The van der Waals surface area contributed by atoms with Gasteiger partial charge in [-0.1, -0.05) is 11.3 Å². The summed E-state index contributed by atoms with van der Waals surface area (Å²) >= 11 is 1.15. The Hall–Kier alpha value is -2.35. The predicted octanol–water partition coefficient (Wildman–Crippen LogP) is 2.25. The van der Waals surface area contributed by atoms with Crippen molar-refractivity contribution in [3.8, 4) is 16.3 Å². The predicted molar refractivity (Wildman–Crippen MR) is 66.8 cm³/mol. The molecule has 0 atom stereocenters. The number of benzene rings is 1. The van der Waals surface area contributed by atoms with Gasteiger partial charge in [-0.2, -0.15) is 5.10 Å². The lowest BCUT2D eigenvalue weighted by Gasteiger charge is -2.03. The molecule has 0 spiro atoms. The van der Waals surface area contributed by atoms with Crippen molar-refractivity contribution in [2.45, 2.75) is 0 Å². The third-order valence-corrected chi connectivity index (χ3v) is 3.31. The van der Waals surface area contributed by atoms with E-state index in [9.17, 15) is 8.78 Å². The number of nitrogen functional groups attached to an aromatic ring is 1. The second-order valence-electron chi connectivity index (χ2n) is 3.67. The SMILES string of the molecule is Nc1nc(-c2ccc(F)cc2F)c(-n2cncn2)s1. The van der Waals surface area contributed by atoms with Gasteiger partial charge in [0.25, 0.3) is 0 Å². The van der Waals surface area contributed by atoms with Crippen LogP contribution in [0.4, 0.5) is 13.9 Å². The van der Waals surface area contributed by atoms with Crippen molar-refractivity contribution in [1.29, 1.82) is 0 Å². The van der Waals surface area contributed by atoms with E-state index in [-0.39, 0.29) is 10.7 Å². The number of nitrogens with zero attached hydrogens (tertiary/aromatic N) is 4. The molecule has 96 valence electrons. The number of thiazole rings is 1. The summed E-state index contributed by atoms with van der Waals surface area (Å²) in [5.74, 6) is -1.35. The Kier molecular flexibility index (Phi) is 2.71. The second kappa shape index (κ2) is 4.39. The summed E-state index contributed by atoms with van der Waals surface area (Å²) in [6.45, 7) is 0. The molecule has 0 bridgehead atoms. The van der Waals surface area contributed by atoms with E-state index >= 15 is 0 Å². The lowest BCUT2D eigenvalue weighted by Crippen LogP contribution is -1.96. The molecule has 0 aliphatic heterocycles. The van der Waals surface area contributed by atoms with E-state index < -0.39 is 11.6 Å². The number of aromatic nitrogens is 4. The van der Waals surface area contributed by atoms with Gasteiger partial charge in [-0.05, 0) is 12.1 Å². The number of anilines is 1. The summed E-state index contributed by atoms with van der Waals surface area (Å²) in [7, 11) is 0. The van der Waals surface area contributed by atoms with E-state index in [1.807, 2.05) is 0 Å². The van der Waals surface area contributed by atoms with Crippen molar-refractivity contribution in [1.82, 2.24) is 19.7 Å². The Labute approximate surface area is 110 Å². The highest BCUT2D eigenvalue weighted by Crippen LogP contribution is 2.33. The normalized spacial score (nSPS) is 10.8. The summed E-state index contributed by atoms with van der Waals surface area (Å²) in [6.07, 6.45) is 2.80. The van der Waals surface area contributed by atoms with E-state index in [0.29, 0.717) is 10.7 Å². The molecule has 0 aliphatic carbocycles. The van der Waals surface area contributed by atoms with Gasteiger partial charge < -0.3 is 5.73 Å². The molecule has 5 nitrogen and oxygen atoms in total. The first kappa shape index (κ1) is 11.7. The van der Waals surface area contributed by atoms with Crippen LogP contribution in [0.2, 0.25) is 0 Å². The summed E-state index contributed by atoms with van der Waals surface area (Å²) < 4.78 is 28.2. The molecule has 0 saturated carbocycles. The number of nitrogens with two attached hydrogens (primary N) is 1. The number of halogens is 2. The molecule has 0 saturated heterocycles. The van der Waals surface area contributed by atoms with Gasteiger partial charge in [0.2, 0.25) is 0 Å². The Bertz CT molecular complexity index is 723. The second-order valence-corrected chi connectivity index (χ2v) is 4.68. The first-order chi connectivity index (χ1) is 9.15. The minimum absolute atomic E-state index is 0.167. The summed E-state index contributed by atoms with van der Waals surface area (Å²) in [5.41, 5.74) is 6.13. The minimum Gasteiger partial charge on any atom is -0.375 e. The molecule has 0 radical (unpaired) electrons. The van der Waals surface area contributed by atoms with Crippen molar-refractivity contribution in [2.24, 2.45) is 0 Å².